The van der Waals surface area contributed by atoms with Gasteiger partial charge in [0.1, 0.15) is 18.1 Å². The van der Waals surface area contributed by atoms with Gasteiger partial charge in [0, 0.05) is 37.3 Å². The zero-order valence-corrected chi connectivity index (χ0v) is 19.4. The van der Waals surface area contributed by atoms with Crippen molar-refractivity contribution in [2.75, 3.05) is 13.2 Å². The lowest BCUT2D eigenvalue weighted by Crippen LogP contribution is -2.25. The molecule has 1 N–H and O–H groups in total. The Balaban J connectivity index is 1.05. The van der Waals surface area contributed by atoms with E-state index in [1.807, 2.05) is 66.7 Å². The van der Waals surface area contributed by atoms with Crippen molar-refractivity contribution in [3.8, 4) is 22.9 Å². The van der Waals surface area contributed by atoms with Crippen LogP contribution in [0.15, 0.2) is 83.6 Å². The van der Waals surface area contributed by atoms with Gasteiger partial charge in [-0.15, -0.1) is 0 Å². The van der Waals surface area contributed by atoms with Gasteiger partial charge in [0.2, 0.25) is 17.6 Å². The van der Waals surface area contributed by atoms with Crippen molar-refractivity contribution in [3.05, 3.63) is 90.6 Å². The summed E-state index contributed by atoms with van der Waals surface area (Å²) in [4.78, 5) is 20.4. The van der Waals surface area contributed by atoms with Gasteiger partial charge in [-0.2, -0.15) is 4.98 Å². The van der Waals surface area contributed by atoms with Crippen molar-refractivity contribution < 1.29 is 18.8 Å². The molecule has 8 nitrogen and oxygen atoms in total. The molecule has 1 amide bonds. The number of unbranched alkanes of at least 4 members (excludes halogenated alkanes) is 1. The van der Waals surface area contributed by atoms with E-state index in [2.05, 4.69) is 20.4 Å². The van der Waals surface area contributed by atoms with E-state index in [-0.39, 0.29) is 5.91 Å². The molecule has 2 aromatic heterocycles. The molecule has 0 bridgehead atoms. The predicted molar refractivity (Wildman–Crippen MR) is 131 cm³/mol. The van der Waals surface area contributed by atoms with Gasteiger partial charge in [-0.05, 0) is 54.8 Å². The average Bonchev–Trinajstić information content (AvgIpc) is 3.39. The number of carbonyl (C=O) groups excluding carboxylic acids is 1. The number of hydrogen-bond acceptors (Lipinski definition) is 7. The molecule has 8 heteroatoms. The number of aryl methyl sites for hydroxylation is 1. The van der Waals surface area contributed by atoms with E-state index in [9.17, 15) is 4.79 Å². The Kier molecular flexibility index (Phi) is 8.81. The first kappa shape index (κ1) is 23.9. The smallest absolute Gasteiger partial charge is 0.227 e. The quantitative estimate of drug-likeness (QED) is 0.284. The lowest BCUT2D eigenvalue weighted by molar-refractivity contribution is -0.121. The fraction of sp³-hybridized carbons (Fsp3) is 0.259. The molecule has 35 heavy (non-hydrogen) atoms. The standard InChI is InChI=1S/C27H28N4O4/c32-25(12-13-26-30-27(31-35-26)22-14-17-28-18-15-22)29-16-4-5-19-33-23-8-10-24(11-9-23)34-20-21-6-2-1-3-7-21/h1-3,6-11,14-15,17-18H,4-5,12-13,16,19-20H2,(H,29,32). The highest BCUT2D eigenvalue weighted by atomic mass is 16.5. The monoisotopic (exact) mass is 472 g/mol. The Bertz CT molecular complexity index is 1160. The van der Waals surface area contributed by atoms with Gasteiger partial charge in [0.25, 0.3) is 0 Å². The first-order chi connectivity index (χ1) is 17.3. The molecule has 0 aliphatic rings. The van der Waals surface area contributed by atoms with Crippen LogP contribution in [-0.2, 0) is 17.8 Å². The second kappa shape index (κ2) is 12.9. The molecule has 0 unspecified atom stereocenters. The molecule has 4 rings (SSSR count). The molecule has 0 aliphatic carbocycles. The number of rotatable bonds is 13. The van der Waals surface area contributed by atoms with Crippen LogP contribution in [0.25, 0.3) is 11.4 Å². The van der Waals surface area contributed by atoms with Crippen LogP contribution in [0.3, 0.4) is 0 Å². The highest BCUT2D eigenvalue weighted by Crippen LogP contribution is 2.19. The minimum atomic E-state index is -0.0410. The molecule has 180 valence electrons. The Hall–Kier alpha value is -4.20. The largest absolute Gasteiger partial charge is 0.494 e. The van der Waals surface area contributed by atoms with Crippen LogP contribution in [0.2, 0.25) is 0 Å². The van der Waals surface area contributed by atoms with Crippen molar-refractivity contribution in [1.29, 1.82) is 0 Å². The third kappa shape index (κ3) is 7.96. The van der Waals surface area contributed by atoms with Gasteiger partial charge < -0.3 is 19.3 Å². The Morgan fingerprint density at radius 3 is 2.40 bits per heavy atom. The van der Waals surface area contributed by atoms with Crippen LogP contribution < -0.4 is 14.8 Å². The maximum Gasteiger partial charge on any atom is 0.227 e. The third-order valence-corrected chi connectivity index (χ3v) is 5.21. The predicted octanol–water partition coefficient (Wildman–Crippen LogP) is 4.62. The summed E-state index contributed by atoms with van der Waals surface area (Å²) in [5.74, 6) is 2.50. The number of nitrogens with zero attached hydrogens (tertiary/aromatic N) is 3. The van der Waals surface area contributed by atoms with Crippen molar-refractivity contribution in [2.24, 2.45) is 0 Å². The van der Waals surface area contributed by atoms with E-state index in [1.54, 1.807) is 12.4 Å². The SMILES string of the molecule is O=C(CCc1nc(-c2ccncc2)no1)NCCCCOc1ccc(OCc2ccccc2)cc1. The average molecular weight is 473 g/mol. The fourth-order valence-electron chi connectivity index (χ4n) is 3.30. The minimum absolute atomic E-state index is 0.0410. The molecular weight excluding hydrogens is 444 g/mol. The first-order valence-electron chi connectivity index (χ1n) is 11.7. The number of aromatic nitrogens is 3. The van der Waals surface area contributed by atoms with E-state index in [1.165, 1.54) is 0 Å². The van der Waals surface area contributed by atoms with E-state index >= 15 is 0 Å². The normalized spacial score (nSPS) is 10.6. The second-order valence-electron chi connectivity index (χ2n) is 7.90. The van der Waals surface area contributed by atoms with Crippen molar-refractivity contribution in [3.63, 3.8) is 0 Å². The van der Waals surface area contributed by atoms with E-state index in [0.29, 0.717) is 44.3 Å². The van der Waals surface area contributed by atoms with Crippen LogP contribution in [0.4, 0.5) is 0 Å². The van der Waals surface area contributed by atoms with Gasteiger partial charge in [0.15, 0.2) is 0 Å². The number of ether oxygens (including phenoxy) is 2. The summed E-state index contributed by atoms with van der Waals surface area (Å²) >= 11 is 0. The van der Waals surface area contributed by atoms with Crippen molar-refractivity contribution >= 4 is 5.91 Å². The van der Waals surface area contributed by atoms with E-state index in [0.717, 1.165) is 35.5 Å². The highest BCUT2D eigenvalue weighted by Gasteiger charge is 2.10. The molecular formula is C27H28N4O4. The molecule has 2 aromatic carbocycles. The summed E-state index contributed by atoms with van der Waals surface area (Å²) in [5.41, 5.74) is 1.96. The summed E-state index contributed by atoms with van der Waals surface area (Å²) in [6.45, 7) is 1.72. The van der Waals surface area contributed by atoms with E-state index < -0.39 is 0 Å². The summed E-state index contributed by atoms with van der Waals surface area (Å²) in [5, 5.41) is 6.86. The lowest BCUT2D eigenvalue weighted by Gasteiger charge is -2.09. The minimum Gasteiger partial charge on any atom is -0.494 e. The topological polar surface area (TPSA) is 99.4 Å². The zero-order valence-electron chi connectivity index (χ0n) is 19.4. The number of benzene rings is 2. The molecule has 0 aliphatic heterocycles. The first-order valence-corrected chi connectivity index (χ1v) is 11.7. The Morgan fingerprint density at radius 2 is 1.63 bits per heavy atom. The number of amides is 1. The summed E-state index contributed by atoms with van der Waals surface area (Å²) < 4.78 is 16.8. The van der Waals surface area contributed by atoms with Crippen molar-refractivity contribution in [2.45, 2.75) is 32.3 Å². The van der Waals surface area contributed by atoms with Gasteiger partial charge >= 0.3 is 0 Å². The fourth-order valence-corrected chi connectivity index (χ4v) is 3.30. The number of nitrogens with one attached hydrogen (secondary N) is 1. The zero-order chi connectivity index (χ0) is 24.1. The molecule has 0 saturated carbocycles. The number of carbonyl (C=O) groups is 1. The molecule has 0 spiro atoms. The molecule has 4 aromatic rings. The Morgan fingerprint density at radius 1 is 0.886 bits per heavy atom. The summed E-state index contributed by atoms with van der Waals surface area (Å²) in [6, 6.07) is 21.3. The van der Waals surface area contributed by atoms with E-state index in [4.69, 9.17) is 14.0 Å². The second-order valence-corrected chi connectivity index (χ2v) is 7.90. The van der Waals surface area contributed by atoms with Gasteiger partial charge in [0.05, 0.1) is 6.61 Å². The van der Waals surface area contributed by atoms with Crippen LogP contribution >= 0.6 is 0 Å². The van der Waals surface area contributed by atoms with Gasteiger partial charge in [-0.25, -0.2) is 0 Å². The molecule has 2 heterocycles. The van der Waals surface area contributed by atoms with Crippen LogP contribution in [-0.4, -0.2) is 34.2 Å². The van der Waals surface area contributed by atoms with Crippen molar-refractivity contribution in [1.82, 2.24) is 20.4 Å². The third-order valence-electron chi connectivity index (χ3n) is 5.21. The summed E-state index contributed by atoms with van der Waals surface area (Å²) in [6.07, 6.45) is 5.71. The summed E-state index contributed by atoms with van der Waals surface area (Å²) in [7, 11) is 0. The molecule has 0 fully saturated rings. The number of pyridine rings is 1. The lowest BCUT2D eigenvalue weighted by atomic mass is 10.2. The number of hydrogen-bond donors (Lipinski definition) is 1. The van der Waals surface area contributed by atoms with Gasteiger partial charge in [-0.1, -0.05) is 35.5 Å². The van der Waals surface area contributed by atoms with Crippen LogP contribution in [0, 0.1) is 0 Å². The van der Waals surface area contributed by atoms with Crippen LogP contribution in [0.1, 0.15) is 30.7 Å². The molecule has 0 saturated heterocycles. The maximum absolute atomic E-state index is 12.1. The maximum atomic E-state index is 12.1. The van der Waals surface area contributed by atoms with Crippen LogP contribution in [0.5, 0.6) is 11.5 Å². The van der Waals surface area contributed by atoms with Gasteiger partial charge in [-0.3, -0.25) is 9.78 Å². The molecule has 0 atom stereocenters. The Labute approximate surface area is 204 Å². The molecule has 0 radical (unpaired) electrons. The highest BCUT2D eigenvalue weighted by molar-refractivity contribution is 5.75.